The Hall–Kier alpha value is -2.36. The molecule has 0 saturated carbocycles. The maximum Gasteiger partial charge on any atom is 0.130 e. The van der Waals surface area contributed by atoms with E-state index in [-0.39, 0.29) is 0 Å². The number of fused-ring (bicyclic) bond motifs is 1. The molecule has 3 rings (SSSR count). The fourth-order valence-corrected chi connectivity index (χ4v) is 1.85. The number of aromatic nitrogens is 3. The molecule has 1 N–H and O–H groups in total. The van der Waals surface area contributed by atoms with Crippen LogP contribution >= 0.6 is 0 Å². The summed E-state index contributed by atoms with van der Waals surface area (Å²) >= 11 is 0. The first-order valence-electron chi connectivity index (χ1n) is 5.79. The van der Waals surface area contributed by atoms with Crippen LogP contribution in [0, 0.1) is 6.92 Å². The van der Waals surface area contributed by atoms with E-state index in [1.54, 1.807) is 6.20 Å². The maximum atomic E-state index is 5.71. The minimum Gasteiger partial charge on any atom is -0.487 e. The average Bonchev–Trinajstić information content (AvgIpc) is 2.89. The van der Waals surface area contributed by atoms with Crippen molar-refractivity contribution in [3.05, 3.63) is 54.1 Å². The van der Waals surface area contributed by atoms with Crippen LogP contribution in [0.2, 0.25) is 0 Å². The van der Waals surface area contributed by atoms with Gasteiger partial charge in [0.1, 0.15) is 12.4 Å². The Kier molecular flexibility index (Phi) is 2.68. The summed E-state index contributed by atoms with van der Waals surface area (Å²) in [6, 6.07) is 9.95. The summed E-state index contributed by atoms with van der Waals surface area (Å²) in [7, 11) is 0. The van der Waals surface area contributed by atoms with Gasteiger partial charge in [0.2, 0.25) is 0 Å². The number of H-pyrrole nitrogens is 1. The number of hydrogen-bond acceptors (Lipinski definition) is 3. The van der Waals surface area contributed by atoms with Gasteiger partial charge in [-0.05, 0) is 42.6 Å². The van der Waals surface area contributed by atoms with E-state index in [1.165, 1.54) is 0 Å². The lowest BCUT2D eigenvalue weighted by atomic mass is 10.1. The molecule has 4 nitrogen and oxygen atoms in total. The lowest BCUT2D eigenvalue weighted by Crippen LogP contribution is -1.95. The van der Waals surface area contributed by atoms with E-state index in [9.17, 15) is 0 Å². The van der Waals surface area contributed by atoms with Crippen LogP contribution in [0.3, 0.4) is 0 Å². The SMILES string of the molecule is Cc1cc2cc(OCc3ccn[nH]3)ccc2cn1. The zero-order valence-corrected chi connectivity index (χ0v) is 10.1. The average molecular weight is 239 g/mol. The molecule has 0 aliphatic heterocycles. The molecule has 90 valence electrons. The van der Waals surface area contributed by atoms with Crippen molar-refractivity contribution in [2.24, 2.45) is 0 Å². The smallest absolute Gasteiger partial charge is 0.130 e. The number of aryl methyl sites for hydroxylation is 1. The third-order valence-corrected chi connectivity index (χ3v) is 2.78. The highest BCUT2D eigenvalue weighted by molar-refractivity contribution is 5.83. The van der Waals surface area contributed by atoms with Crippen molar-refractivity contribution in [1.29, 1.82) is 0 Å². The Bertz CT molecular complexity index is 662. The van der Waals surface area contributed by atoms with Gasteiger partial charge < -0.3 is 4.74 Å². The Morgan fingerprint density at radius 3 is 2.94 bits per heavy atom. The van der Waals surface area contributed by atoms with Gasteiger partial charge in [-0.25, -0.2) is 0 Å². The van der Waals surface area contributed by atoms with Gasteiger partial charge in [0.05, 0.1) is 5.69 Å². The molecule has 0 spiro atoms. The lowest BCUT2D eigenvalue weighted by Gasteiger charge is -2.06. The van der Waals surface area contributed by atoms with Gasteiger partial charge in [-0.2, -0.15) is 5.10 Å². The normalized spacial score (nSPS) is 10.7. The summed E-state index contributed by atoms with van der Waals surface area (Å²) in [6.07, 6.45) is 3.59. The fourth-order valence-electron chi connectivity index (χ4n) is 1.85. The predicted molar refractivity (Wildman–Crippen MR) is 69.4 cm³/mol. The number of aromatic amines is 1. The monoisotopic (exact) mass is 239 g/mol. The van der Waals surface area contributed by atoms with Crippen LogP contribution in [0.15, 0.2) is 42.7 Å². The summed E-state index contributed by atoms with van der Waals surface area (Å²) < 4.78 is 5.71. The molecule has 0 unspecified atom stereocenters. The van der Waals surface area contributed by atoms with Gasteiger partial charge in [0.15, 0.2) is 0 Å². The Balaban J connectivity index is 1.84. The molecule has 0 atom stereocenters. The molecular weight excluding hydrogens is 226 g/mol. The molecule has 0 bridgehead atoms. The van der Waals surface area contributed by atoms with Crippen LogP contribution < -0.4 is 4.74 Å². The number of pyridine rings is 1. The Labute approximate surface area is 105 Å². The van der Waals surface area contributed by atoms with E-state index in [4.69, 9.17) is 4.74 Å². The van der Waals surface area contributed by atoms with Crippen LogP contribution in [0.5, 0.6) is 5.75 Å². The van der Waals surface area contributed by atoms with Crippen molar-refractivity contribution in [2.45, 2.75) is 13.5 Å². The molecule has 0 aliphatic carbocycles. The zero-order valence-electron chi connectivity index (χ0n) is 10.1. The highest BCUT2D eigenvalue weighted by Crippen LogP contribution is 2.21. The van der Waals surface area contributed by atoms with Crippen molar-refractivity contribution < 1.29 is 4.74 Å². The van der Waals surface area contributed by atoms with E-state index in [0.29, 0.717) is 6.61 Å². The molecule has 0 saturated heterocycles. The minimum atomic E-state index is 0.496. The van der Waals surface area contributed by atoms with E-state index in [0.717, 1.165) is 27.9 Å². The second-order valence-corrected chi connectivity index (χ2v) is 4.21. The van der Waals surface area contributed by atoms with Crippen LogP contribution in [0.1, 0.15) is 11.4 Å². The second-order valence-electron chi connectivity index (χ2n) is 4.21. The van der Waals surface area contributed by atoms with Crippen molar-refractivity contribution in [3.63, 3.8) is 0 Å². The third-order valence-electron chi connectivity index (χ3n) is 2.78. The molecule has 0 radical (unpaired) electrons. The summed E-state index contributed by atoms with van der Waals surface area (Å²) in [6.45, 7) is 2.48. The highest BCUT2D eigenvalue weighted by atomic mass is 16.5. The molecule has 0 amide bonds. The predicted octanol–water partition coefficient (Wildman–Crippen LogP) is 2.85. The largest absolute Gasteiger partial charge is 0.487 e. The number of nitrogens with zero attached hydrogens (tertiary/aromatic N) is 2. The van der Waals surface area contributed by atoms with Crippen LogP contribution in [0.25, 0.3) is 10.8 Å². The topological polar surface area (TPSA) is 50.8 Å². The van der Waals surface area contributed by atoms with Gasteiger partial charge >= 0.3 is 0 Å². The Morgan fingerprint density at radius 1 is 1.17 bits per heavy atom. The Morgan fingerprint density at radius 2 is 2.11 bits per heavy atom. The summed E-state index contributed by atoms with van der Waals surface area (Å²) in [5.41, 5.74) is 1.97. The van der Waals surface area contributed by atoms with Gasteiger partial charge in [-0.15, -0.1) is 0 Å². The molecule has 2 heterocycles. The van der Waals surface area contributed by atoms with Gasteiger partial charge in [0.25, 0.3) is 0 Å². The van der Waals surface area contributed by atoms with Crippen LogP contribution in [-0.4, -0.2) is 15.2 Å². The van der Waals surface area contributed by atoms with Crippen LogP contribution in [-0.2, 0) is 6.61 Å². The molecule has 2 aromatic heterocycles. The van der Waals surface area contributed by atoms with Crippen molar-refractivity contribution >= 4 is 10.8 Å². The quantitative estimate of drug-likeness (QED) is 0.764. The van der Waals surface area contributed by atoms with Gasteiger partial charge in [-0.3, -0.25) is 10.1 Å². The van der Waals surface area contributed by atoms with Crippen molar-refractivity contribution in [1.82, 2.24) is 15.2 Å². The summed E-state index contributed by atoms with van der Waals surface area (Å²) in [5, 5.41) is 9.01. The number of benzene rings is 1. The van der Waals surface area contributed by atoms with E-state index in [1.807, 2.05) is 37.4 Å². The second kappa shape index (κ2) is 4.49. The first-order chi connectivity index (χ1) is 8.81. The lowest BCUT2D eigenvalue weighted by molar-refractivity contribution is 0.301. The highest BCUT2D eigenvalue weighted by Gasteiger charge is 2.00. The molecule has 1 aromatic carbocycles. The number of rotatable bonds is 3. The van der Waals surface area contributed by atoms with Gasteiger partial charge in [-0.1, -0.05) is 0 Å². The van der Waals surface area contributed by atoms with E-state index >= 15 is 0 Å². The van der Waals surface area contributed by atoms with E-state index in [2.05, 4.69) is 21.2 Å². The summed E-state index contributed by atoms with van der Waals surface area (Å²) in [5.74, 6) is 0.850. The first-order valence-corrected chi connectivity index (χ1v) is 5.79. The minimum absolute atomic E-state index is 0.496. The molecule has 4 heteroatoms. The molecule has 0 fully saturated rings. The standard InChI is InChI=1S/C14H13N3O/c1-10-6-12-7-14(3-2-11(12)8-15-10)18-9-13-4-5-16-17-13/h2-8H,9H2,1H3,(H,16,17). The van der Waals surface area contributed by atoms with Gasteiger partial charge in [0, 0.05) is 23.5 Å². The van der Waals surface area contributed by atoms with Crippen LogP contribution in [0.4, 0.5) is 0 Å². The third kappa shape index (κ3) is 2.18. The molecule has 3 aromatic rings. The summed E-state index contributed by atoms with van der Waals surface area (Å²) in [4.78, 5) is 4.27. The number of hydrogen-bond donors (Lipinski definition) is 1. The number of nitrogens with one attached hydrogen (secondary N) is 1. The van der Waals surface area contributed by atoms with Crippen molar-refractivity contribution in [2.75, 3.05) is 0 Å². The van der Waals surface area contributed by atoms with E-state index < -0.39 is 0 Å². The maximum absolute atomic E-state index is 5.71. The molecule has 18 heavy (non-hydrogen) atoms. The zero-order chi connectivity index (χ0) is 12.4. The molecular formula is C14H13N3O. The first kappa shape index (κ1) is 10.8. The fraction of sp³-hybridized carbons (Fsp3) is 0.143. The molecule has 0 aliphatic rings. The number of ether oxygens (including phenoxy) is 1. The van der Waals surface area contributed by atoms with Crippen molar-refractivity contribution in [3.8, 4) is 5.75 Å².